The number of benzene rings is 1. The van der Waals surface area contributed by atoms with Gasteiger partial charge in [-0.05, 0) is 81.1 Å². The Hall–Kier alpha value is -0.780. The highest BCUT2D eigenvalue weighted by molar-refractivity contribution is 5.32. The minimum Gasteiger partial charge on any atom is -0.0564 e. The molecule has 0 spiro atoms. The van der Waals surface area contributed by atoms with Crippen LogP contribution in [-0.4, -0.2) is 0 Å². The van der Waals surface area contributed by atoms with E-state index in [1.54, 1.807) is 24.8 Å². The van der Waals surface area contributed by atoms with Crippen LogP contribution >= 0.6 is 0 Å². The Morgan fingerprint density at radius 1 is 0.714 bits per heavy atom. The van der Waals surface area contributed by atoms with Crippen molar-refractivity contribution in [2.45, 2.75) is 71.1 Å². The minimum atomic E-state index is 0.860. The maximum atomic E-state index is 2.47. The van der Waals surface area contributed by atoms with E-state index in [2.05, 4.69) is 32.0 Å². The van der Waals surface area contributed by atoms with E-state index in [0.717, 1.165) is 29.6 Å². The van der Waals surface area contributed by atoms with Gasteiger partial charge in [0.15, 0.2) is 0 Å². The normalized spacial score (nSPS) is 38.9. The summed E-state index contributed by atoms with van der Waals surface area (Å²) in [5.74, 6) is 5.16. The van der Waals surface area contributed by atoms with E-state index in [-0.39, 0.29) is 0 Å². The van der Waals surface area contributed by atoms with Crippen molar-refractivity contribution in [3.05, 3.63) is 34.9 Å². The van der Waals surface area contributed by atoms with Gasteiger partial charge in [0.1, 0.15) is 0 Å². The van der Waals surface area contributed by atoms with E-state index < -0.39 is 0 Å². The van der Waals surface area contributed by atoms with E-state index in [4.69, 9.17) is 0 Å². The van der Waals surface area contributed by atoms with E-state index in [0.29, 0.717) is 0 Å². The first-order valence-corrected chi connectivity index (χ1v) is 9.29. The summed E-state index contributed by atoms with van der Waals surface area (Å²) in [5, 5.41) is 0. The fraction of sp³-hybridized carbons (Fsp3) is 0.714. The van der Waals surface area contributed by atoms with Gasteiger partial charge in [0.2, 0.25) is 0 Å². The average molecular weight is 282 g/mol. The number of hydrogen-bond donors (Lipinski definition) is 0. The minimum absolute atomic E-state index is 0.860. The summed E-state index contributed by atoms with van der Waals surface area (Å²) < 4.78 is 0. The Bertz CT molecular complexity index is 495. The van der Waals surface area contributed by atoms with Crippen LogP contribution in [0.5, 0.6) is 0 Å². The molecule has 0 heterocycles. The van der Waals surface area contributed by atoms with Crippen molar-refractivity contribution in [3.8, 4) is 0 Å². The lowest BCUT2D eigenvalue weighted by atomic mass is 9.62. The van der Waals surface area contributed by atoms with Gasteiger partial charge >= 0.3 is 0 Å². The third-order valence-electron chi connectivity index (χ3n) is 6.89. The van der Waals surface area contributed by atoms with Gasteiger partial charge in [-0.3, -0.25) is 0 Å². The van der Waals surface area contributed by atoms with Crippen LogP contribution in [0.2, 0.25) is 0 Å². The number of fused-ring (bicyclic) bond motifs is 3. The Kier molecular flexibility index (Phi) is 3.59. The van der Waals surface area contributed by atoms with Crippen LogP contribution in [-0.2, 0) is 0 Å². The number of rotatable bonds is 1. The fourth-order valence-corrected chi connectivity index (χ4v) is 6.12. The van der Waals surface area contributed by atoms with Crippen LogP contribution < -0.4 is 0 Å². The predicted molar refractivity (Wildman–Crippen MR) is 89.6 cm³/mol. The lowest BCUT2D eigenvalue weighted by Crippen LogP contribution is -2.33. The quantitative estimate of drug-likeness (QED) is 0.591. The highest BCUT2D eigenvalue weighted by Crippen LogP contribution is 2.56. The van der Waals surface area contributed by atoms with Crippen LogP contribution in [0.15, 0.2) is 18.2 Å². The molecule has 5 atom stereocenters. The predicted octanol–water partition coefficient (Wildman–Crippen LogP) is 6.01. The molecule has 0 saturated heterocycles. The highest BCUT2D eigenvalue weighted by atomic mass is 14.5. The first-order valence-electron chi connectivity index (χ1n) is 9.29. The van der Waals surface area contributed by atoms with Crippen LogP contribution in [0.1, 0.15) is 74.0 Å². The molecule has 3 saturated carbocycles. The van der Waals surface area contributed by atoms with Gasteiger partial charge in [-0.1, -0.05) is 48.6 Å². The monoisotopic (exact) mass is 282 g/mol. The second-order valence-electron chi connectivity index (χ2n) is 8.30. The maximum absolute atomic E-state index is 2.47. The maximum Gasteiger partial charge on any atom is -0.0156 e. The van der Waals surface area contributed by atoms with Gasteiger partial charge in [0, 0.05) is 0 Å². The van der Waals surface area contributed by atoms with Crippen molar-refractivity contribution in [2.75, 3.05) is 0 Å². The van der Waals surface area contributed by atoms with Gasteiger partial charge in [-0.25, -0.2) is 0 Å². The van der Waals surface area contributed by atoms with E-state index in [9.17, 15) is 0 Å². The smallest absolute Gasteiger partial charge is 0.0156 e. The van der Waals surface area contributed by atoms with E-state index in [1.165, 1.54) is 43.2 Å². The zero-order chi connectivity index (χ0) is 14.4. The Labute approximate surface area is 130 Å². The van der Waals surface area contributed by atoms with Gasteiger partial charge in [-0.2, -0.15) is 0 Å². The lowest BCUT2D eigenvalue weighted by Gasteiger charge is -2.43. The van der Waals surface area contributed by atoms with Crippen molar-refractivity contribution in [1.82, 2.24) is 0 Å². The molecule has 1 aromatic carbocycles. The number of hydrogen-bond acceptors (Lipinski definition) is 0. The van der Waals surface area contributed by atoms with Crippen LogP contribution in [0.25, 0.3) is 0 Å². The summed E-state index contributed by atoms with van der Waals surface area (Å²) >= 11 is 0. The SMILES string of the molecule is Cc1cc(C)cc(C2CC3CCC4CCCCC4C3C2)c1. The summed E-state index contributed by atoms with van der Waals surface area (Å²) in [4.78, 5) is 0. The molecular weight excluding hydrogens is 252 g/mol. The van der Waals surface area contributed by atoms with E-state index >= 15 is 0 Å². The van der Waals surface area contributed by atoms with Crippen molar-refractivity contribution in [3.63, 3.8) is 0 Å². The standard InChI is InChI=1S/C21H30/c1-14-9-15(2)11-18(10-14)19-12-17-8-7-16-5-3-4-6-20(16)21(17)13-19/h9-11,16-17,19-21H,3-8,12-13H2,1-2H3. The van der Waals surface area contributed by atoms with Gasteiger partial charge in [0.05, 0.1) is 0 Å². The summed E-state index contributed by atoms with van der Waals surface area (Å²) in [6.07, 6.45) is 12.2. The third-order valence-corrected chi connectivity index (χ3v) is 6.89. The molecule has 5 unspecified atom stereocenters. The topological polar surface area (TPSA) is 0 Å². The molecule has 0 radical (unpaired) electrons. The molecule has 3 aliphatic carbocycles. The van der Waals surface area contributed by atoms with Crippen LogP contribution in [0, 0.1) is 37.5 Å². The molecule has 0 aliphatic heterocycles. The second kappa shape index (κ2) is 5.45. The average Bonchev–Trinajstić information content (AvgIpc) is 2.91. The molecule has 21 heavy (non-hydrogen) atoms. The molecule has 0 heteroatoms. The van der Waals surface area contributed by atoms with Gasteiger partial charge in [-0.15, -0.1) is 0 Å². The summed E-state index contributed by atoms with van der Waals surface area (Å²) in [7, 11) is 0. The molecule has 0 N–H and O–H groups in total. The largest absolute Gasteiger partial charge is 0.0564 e. The van der Waals surface area contributed by atoms with Gasteiger partial charge in [0.25, 0.3) is 0 Å². The third kappa shape index (κ3) is 2.56. The van der Waals surface area contributed by atoms with Crippen molar-refractivity contribution in [1.29, 1.82) is 0 Å². The lowest BCUT2D eigenvalue weighted by molar-refractivity contribution is 0.0728. The summed E-state index contributed by atoms with van der Waals surface area (Å²) in [6, 6.07) is 7.25. The molecule has 3 fully saturated rings. The molecule has 4 rings (SSSR count). The summed E-state index contributed by atoms with van der Waals surface area (Å²) in [6.45, 7) is 4.52. The van der Waals surface area contributed by atoms with Gasteiger partial charge < -0.3 is 0 Å². The molecule has 0 aromatic heterocycles. The first kappa shape index (κ1) is 13.9. The molecule has 0 amide bonds. The number of aryl methyl sites for hydroxylation is 2. The molecule has 3 aliphatic rings. The molecule has 0 nitrogen and oxygen atoms in total. The molecular formula is C21H30. The van der Waals surface area contributed by atoms with Crippen LogP contribution in [0.3, 0.4) is 0 Å². The zero-order valence-electron chi connectivity index (χ0n) is 13.8. The molecule has 114 valence electrons. The first-order chi connectivity index (χ1) is 10.2. The van der Waals surface area contributed by atoms with Crippen molar-refractivity contribution < 1.29 is 0 Å². The van der Waals surface area contributed by atoms with Crippen molar-refractivity contribution in [2.24, 2.45) is 23.7 Å². The Balaban J connectivity index is 1.55. The highest BCUT2D eigenvalue weighted by Gasteiger charge is 2.45. The van der Waals surface area contributed by atoms with Crippen molar-refractivity contribution >= 4 is 0 Å². The molecule has 0 bridgehead atoms. The molecule has 1 aromatic rings. The Morgan fingerprint density at radius 3 is 2.24 bits per heavy atom. The zero-order valence-corrected chi connectivity index (χ0v) is 13.8. The van der Waals surface area contributed by atoms with E-state index in [1.807, 2.05) is 0 Å². The fourth-order valence-electron chi connectivity index (χ4n) is 6.12. The Morgan fingerprint density at radius 2 is 1.43 bits per heavy atom. The van der Waals surface area contributed by atoms with Crippen LogP contribution in [0.4, 0.5) is 0 Å². The second-order valence-corrected chi connectivity index (χ2v) is 8.30. The summed E-state index contributed by atoms with van der Waals surface area (Å²) in [5.41, 5.74) is 4.56.